The van der Waals surface area contributed by atoms with Crippen LogP contribution in [0.2, 0.25) is 5.02 Å². The van der Waals surface area contributed by atoms with Crippen molar-refractivity contribution in [3.63, 3.8) is 0 Å². The van der Waals surface area contributed by atoms with Crippen molar-refractivity contribution in [1.29, 1.82) is 0 Å². The molecule has 1 aromatic heterocycles. The van der Waals surface area contributed by atoms with E-state index in [-0.39, 0.29) is 16.3 Å². The molecule has 20 heavy (non-hydrogen) atoms. The third kappa shape index (κ3) is 2.72. The first-order valence-corrected chi connectivity index (χ1v) is 5.65. The molecule has 0 fully saturated rings. The van der Waals surface area contributed by atoms with Gasteiger partial charge in [-0.05, 0) is 6.07 Å². The summed E-state index contributed by atoms with van der Waals surface area (Å²) in [6.45, 7) is 0. The van der Waals surface area contributed by atoms with Crippen LogP contribution in [0.4, 0.5) is 18.9 Å². The fourth-order valence-electron chi connectivity index (χ4n) is 1.71. The van der Waals surface area contributed by atoms with Crippen LogP contribution in [0.1, 0.15) is 5.56 Å². The van der Waals surface area contributed by atoms with Crippen molar-refractivity contribution in [2.45, 2.75) is 6.18 Å². The lowest BCUT2D eigenvalue weighted by Gasteiger charge is -2.12. The summed E-state index contributed by atoms with van der Waals surface area (Å²) in [5.41, 5.74) is -2.29. The Kier molecular flexibility index (Phi) is 3.63. The highest BCUT2D eigenvalue weighted by molar-refractivity contribution is 6.30. The molecule has 1 heterocycles. The van der Waals surface area contributed by atoms with Crippen LogP contribution in [0, 0.1) is 10.1 Å². The Bertz CT molecular complexity index is 674. The number of rotatable bonds is 2. The molecule has 8 heteroatoms. The average molecular weight is 303 g/mol. The number of benzene rings is 1. The van der Waals surface area contributed by atoms with E-state index in [1.54, 1.807) is 0 Å². The van der Waals surface area contributed by atoms with Crippen molar-refractivity contribution < 1.29 is 18.1 Å². The molecule has 0 radical (unpaired) electrons. The Labute approximate surface area is 116 Å². The fraction of sp³-hybridized carbons (Fsp3) is 0.0833. The Morgan fingerprint density at radius 2 is 1.90 bits per heavy atom. The van der Waals surface area contributed by atoms with E-state index in [0.29, 0.717) is 0 Å². The van der Waals surface area contributed by atoms with Crippen molar-refractivity contribution in [3.8, 4) is 11.3 Å². The van der Waals surface area contributed by atoms with Crippen LogP contribution >= 0.6 is 11.6 Å². The second kappa shape index (κ2) is 5.09. The molecule has 0 unspecified atom stereocenters. The lowest BCUT2D eigenvalue weighted by molar-refractivity contribution is -0.384. The SMILES string of the molecule is O=[N+]([O-])c1cc(Cl)cnc1-c1ccccc1C(F)(F)F. The van der Waals surface area contributed by atoms with Gasteiger partial charge in [-0.3, -0.25) is 10.1 Å². The van der Waals surface area contributed by atoms with Crippen LogP contribution in [-0.2, 0) is 6.18 Å². The summed E-state index contributed by atoms with van der Waals surface area (Å²) in [7, 11) is 0. The predicted octanol–water partition coefficient (Wildman–Crippen LogP) is 4.33. The maximum absolute atomic E-state index is 12.9. The Morgan fingerprint density at radius 1 is 1.25 bits per heavy atom. The molecule has 2 rings (SSSR count). The first-order chi connectivity index (χ1) is 9.30. The lowest BCUT2D eigenvalue weighted by Crippen LogP contribution is -2.08. The molecule has 0 aliphatic rings. The highest BCUT2D eigenvalue weighted by Crippen LogP contribution is 2.39. The molecule has 0 amide bonds. The van der Waals surface area contributed by atoms with Crippen LogP contribution in [0.15, 0.2) is 36.5 Å². The van der Waals surface area contributed by atoms with Gasteiger partial charge in [-0.2, -0.15) is 13.2 Å². The van der Waals surface area contributed by atoms with Gasteiger partial charge < -0.3 is 0 Å². The average Bonchev–Trinajstić information content (AvgIpc) is 2.37. The van der Waals surface area contributed by atoms with Gasteiger partial charge in [0.15, 0.2) is 0 Å². The molecule has 0 saturated carbocycles. The topological polar surface area (TPSA) is 56.0 Å². The van der Waals surface area contributed by atoms with Crippen LogP contribution < -0.4 is 0 Å². The fourth-order valence-corrected chi connectivity index (χ4v) is 1.86. The number of hydrogen-bond donors (Lipinski definition) is 0. The second-order valence-corrected chi connectivity index (χ2v) is 4.26. The first-order valence-electron chi connectivity index (χ1n) is 5.27. The number of pyridine rings is 1. The first kappa shape index (κ1) is 14.3. The Morgan fingerprint density at radius 3 is 2.50 bits per heavy atom. The van der Waals surface area contributed by atoms with Gasteiger partial charge in [0.2, 0.25) is 0 Å². The van der Waals surface area contributed by atoms with Crippen molar-refractivity contribution >= 4 is 17.3 Å². The molecule has 0 aliphatic heterocycles. The highest BCUT2D eigenvalue weighted by atomic mass is 35.5. The molecule has 0 spiro atoms. The summed E-state index contributed by atoms with van der Waals surface area (Å²) in [5, 5.41) is 10.9. The van der Waals surface area contributed by atoms with Crippen molar-refractivity contribution in [2.75, 3.05) is 0 Å². The molecule has 0 aliphatic carbocycles. The summed E-state index contributed by atoms with van der Waals surface area (Å²) in [6.07, 6.45) is -3.57. The maximum Gasteiger partial charge on any atom is 0.417 e. The minimum absolute atomic E-state index is 0.0232. The van der Waals surface area contributed by atoms with Gasteiger partial charge in [-0.1, -0.05) is 29.8 Å². The standard InChI is InChI=1S/C12H6ClF3N2O2/c13-7-5-10(18(19)20)11(17-6-7)8-3-1-2-4-9(8)12(14,15)16/h1-6H. The number of aromatic nitrogens is 1. The summed E-state index contributed by atoms with van der Waals surface area (Å²) < 4.78 is 38.8. The van der Waals surface area contributed by atoms with Gasteiger partial charge in [0.05, 0.1) is 15.5 Å². The van der Waals surface area contributed by atoms with Gasteiger partial charge >= 0.3 is 6.18 Å². The third-order valence-corrected chi connectivity index (χ3v) is 2.73. The molecule has 0 N–H and O–H groups in total. The normalized spacial score (nSPS) is 11.4. The van der Waals surface area contributed by atoms with E-state index in [2.05, 4.69) is 4.98 Å². The molecule has 0 bridgehead atoms. The summed E-state index contributed by atoms with van der Waals surface area (Å²) in [5.74, 6) is 0. The predicted molar refractivity (Wildman–Crippen MR) is 66.3 cm³/mol. The van der Waals surface area contributed by atoms with Crippen LogP contribution in [0.25, 0.3) is 11.3 Å². The second-order valence-electron chi connectivity index (χ2n) is 3.82. The maximum atomic E-state index is 12.9. The number of alkyl halides is 3. The van der Waals surface area contributed by atoms with Gasteiger partial charge in [-0.25, -0.2) is 4.98 Å². The lowest BCUT2D eigenvalue weighted by atomic mass is 10.0. The van der Waals surface area contributed by atoms with Gasteiger partial charge in [0, 0.05) is 17.8 Å². The van der Waals surface area contributed by atoms with Gasteiger partial charge in [0.1, 0.15) is 5.69 Å². The molecule has 0 saturated heterocycles. The Hall–Kier alpha value is -2.15. The van der Waals surface area contributed by atoms with Crippen LogP contribution in [0.5, 0.6) is 0 Å². The van der Waals surface area contributed by atoms with E-state index in [1.165, 1.54) is 12.1 Å². The molecule has 0 atom stereocenters. The number of halogens is 4. The number of nitrogens with zero attached hydrogens (tertiary/aromatic N) is 2. The van der Waals surface area contributed by atoms with Crippen LogP contribution in [0.3, 0.4) is 0 Å². The third-order valence-electron chi connectivity index (χ3n) is 2.52. The van der Waals surface area contributed by atoms with Crippen molar-refractivity contribution in [1.82, 2.24) is 4.98 Å². The van der Waals surface area contributed by atoms with E-state index >= 15 is 0 Å². The molecule has 2 aromatic rings. The van der Waals surface area contributed by atoms with Crippen molar-refractivity contribution in [2.24, 2.45) is 0 Å². The van der Waals surface area contributed by atoms with E-state index in [4.69, 9.17) is 11.6 Å². The minimum Gasteiger partial charge on any atom is -0.258 e. The molecule has 4 nitrogen and oxygen atoms in total. The highest BCUT2D eigenvalue weighted by Gasteiger charge is 2.35. The quantitative estimate of drug-likeness (QED) is 0.613. The zero-order chi connectivity index (χ0) is 14.9. The van der Waals surface area contributed by atoms with E-state index < -0.39 is 22.4 Å². The molecule has 104 valence electrons. The number of hydrogen-bond acceptors (Lipinski definition) is 3. The minimum atomic E-state index is -4.63. The zero-order valence-electron chi connectivity index (χ0n) is 9.69. The molecule has 1 aromatic carbocycles. The summed E-state index contributed by atoms with van der Waals surface area (Å²) in [6, 6.07) is 5.50. The van der Waals surface area contributed by atoms with E-state index in [0.717, 1.165) is 24.4 Å². The smallest absolute Gasteiger partial charge is 0.258 e. The molecular weight excluding hydrogens is 297 g/mol. The van der Waals surface area contributed by atoms with E-state index in [9.17, 15) is 23.3 Å². The Balaban J connectivity index is 2.73. The largest absolute Gasteiger partial charge is 0.417 e. The van der Waals surface area contributed by atoms with Crippen molar-refractivity contribution in [3.05, 3.63) is 57.2 Å². The summed E-state index contributed by atoms with van der Waals surface area (Å²) >= 11 is 5.59. The zero-order valence-corrected chi connectivity index (χ0v) is 10.4. The summed E-state index contributed by atoms with van der Waals surface area (Å²) in [4.78, 5) is 13.8. The van der Waals surface area contributed by atoms with Gasteiger partial charge in [0.25, 0.3) is 5.69 Å². The monoisotopic (exact) mass is 302 g/mol. The van der Waals surface area contributed by atoms with Gasteiger partial charge in [-0.15, -0.1) is 0 Å². The van der Waals surface area contributed by atoms with E-state index in [1.807, 2.05) is 0 Å². The van der Waals surface area contributed by atoms with Crippen LogP contribution in [-0.4, -0.2) is 9.91 Å². The molecular formula is C12H6ClF3N2O2. The number of nitro groups is 1.